The van der Waals surface area contributed by atoms with Crippen molar-refractivity contribution in [3.8, 4) is 11.5 Å². The summed E-state index contributed by atoms with van der Waals surface area (Å²) in [5.41, 5.74) is 2.77. The Morgan fingerprint density at radius 2 is 2.00 bits per heavy atom. The smallest absolute Gasteiger partial charge is 0.230 e. The zero-order valence-corrected chi connectivity index (χ0v) is 20.5. The second-order valence-electron chi connectivity index (χ2n) is 8.15. The van der Waals surface area contributed by atoms with E-state index in [0.717, 1.165) is 33.3 Å². The van der Waals surface area contributed by atoms with Gasteiger partial charge in [-0.3, -0.25) is 4.79 Å². The first-order chi connectivity index (χ1) is 16.0. The largest absolute Gasteiger partial charge is 0.486 e. The molecule has 1 aliphatic rings. The van der Waals surface area contributed by atoms with Gasteiger partial charge in [0.25, 0.3) is 0 Å². The molecule has 7 nitrogen and oxygen atoms in total. The van der Waals surface area contributed by atoms with E-state index < -0.39 is 0 Å². The zero-order chi connectivity index (χ0) is 23.4. The van der Waals surface area contributed by atoms with Gasteiger partial charge in [0.1, 0.15) is 13.2 Å². The highest BCUT2D eigenvalue weighted by molar-refractivity contribution is 7.99. The number of hydrogen-bond acceptors (Lipinski definition) is 6. The van der Waals surface area contributed by atoms with Crippen molar-refractivity contribution in [3.05, 3.63) is 47.0 Å². The molecule has 0 saturated heterocycles. The molecule has 0 unspecified atom stereocenters. The van der Waals surface area contributed by atoms with E-state index in [2.05, 4.69) is 23.7 Å². The summed E-state index contributed by atoms with van der Waals surface area (Å²) in [6.07, 6.45) is 0. The average molecular weight is 490 g/mol. The number of thioether (sulfide) groups is 1. The minimum absolute atomic E-state index is 0.0584. The Hall–Kier alpha value is -2.42. The summed E-state index contributed by atoms with van der Waals surface area (Å²) in [5, 5.41) is 4.57. The van der Waals surface area contributed by atoms with Crippen LogP contribution in [0.5, 0.6) is 11.5 Å². The van der Waals surface area contributed by atoms with E-state index in [9.17, 15) is 4.79 Å². The average Bonchev–Trinajstić information content (AvgIpc) is 3.15. The standard InChI is InChI=1S/C24H28ClN3O4S/c1-15(2)23(16-4-7-20-21(12-16)32-11-10-31-20)27-22(29)14-33-24-26-18-13-17(25)5-6-19(18)28(24)8-9-30-3/h4-7,12-13,15,23H,8-11,14H2,1-3H3,(H,27,29)/t23-/m1/s1. The number of carbonyl (C=O) groups excluding carboxylic acids is 1. The van der Waals surface area contributed by atoms with Crippen molar-refractivity contribution in [3.63, 3.8) is 0 Å². The van der Waals surface area contributed by atoms with Gasteiger partial charge in [-0.05, 0) is 41.8 Å². The molecule has 0 spiro atoms. The van der Waals surface area contributed by atoms with Crippen molar-refractivity contribution in [2.75, 3.05) is 32.7 Å². The molecule has 1 aromatic heterocycles. The summed E-state index contributed by atoms with van der Waals surface area (Å²) >= 11 is 7.55. The van der Waals surface area contributed by atoms with Gasteiger partial charge in [0, 0.05) is 18.7 Å². The molecular formula is C24H28ClN3O4S. The van der Waals surface area contributed by atoms with Crippen molar-refractivity contribution in [1.29, 1.82) is 0 Å². The second kappa shape index (κ2) is 10.7. The van der Waals surface area contributed by atoms with E-state index in [4.69, 9.17) is 30.8 Å². The van der Waals surface area contributed by atoms with Gasteiger partial charge < -0.3 is 24.1 Å². The SMILES string of the molecule is COCCn1c(SCC(=O)N[C@@H](c2ccc3c(c2)OCCO3)C(C)C)nc2cc(Cl)ccc21. The van der Waals surface area contributed by atoms with Crippen molar-refractivity contribution >= 4 is 40.3 Å². The zero-order valence-electron chi connectivity index (χ0n) is 19.0. The Kier molecular flexibility index (Phi) is 7.67. The molecular weight excluding hydrogens is 462 g/mol. The molecule has 2 aromatic carbocycles. The number of nitrogens with one attached hydrogen (secondary N) is 1. The highest BCUT2D eigenvalue weighted by Crippen LogP contribution is 2.34. The number of fused-ring (bicyclic) bond motifs is 2. The molecule has 1 N–H and O–H groups in total. The summed E-state index contributed by atoms with van der Waals surface area (Å²) in [5.74, 6) is 1.85. The van der Waals surface area contributed by atoms with Crippen molar-refractivity contribution < 1.29 is 19.0 Å². The van der Waals surface area contributed by atoms with Crippen LogP contribution >= 0.6 is 23.4 Å². The molecule has 0 saturated carbocycles. The van der Waals surface area contributed by atoms with Gasteiger partial charge in [0.05, 0.1) is 29.4 Å². The molecule has 0 fully saturated rings. The molecule has 4 rings (SSSR count). The number of rotatable bonds is 9. The number of benzene rings is 2. The van der Waals surface area contributed by atoms with Crippen molar-refractivity contribution in [2.45, 2.75) is 31.6 Å². The maximum atomic E-state index is 12.9. The van der Waals surface area contributed by atoms with Crippen LogP contribution in [0, 0.1) is 5.92 Å². The monoisotopic (exact) mass is 489 g/mol. The highest BCUT2D eigenvalue weighted by Gasteiger charge is 2.22. The third kappa shape index (κ3) is 5.57. The van der Waals surface area contributed by atoms with E-state index in [0.29, 0.717) is 31.4 Å². The number of nitrogens with zero attached hydrogens (tertiary/aromatic N) is 2. The number of hydrogen-bond donors (Lipinski definition) is 1. The quantitative estimate of drug-likeness (QED) is 0.439. The predicted octanol–water partition coefficient (Wildman–Crippen LogP) is 4.71. The first-order valence-electron chi connectivity index (χ1n) is 10.9. The minimum atomic E-state index is -0.139. The number of halogens is 1. The topological polar surface area (TPSA) is 74.6 Å². The number of carbonyl (C=O) groups is 1. The van der Waals surface area contributed by atoms with Gasteiger partial charge in [0.15, 0.2) is 16.7 Å². The first-order valence-corrected chi connectivity index (χ1v) is 12.3. The summed E-state index contributed by atoms with van der Waals surface area (Å²) in [4.78, 5) is 17.6. The van der Waals surface area contributed by atoms with Gasteiger partial charge in [-0.1, -0.05) is 43.3 Å². The predicted molar refractivity (Wildman–Crippen MR) is 130 cm³/mol. The number of ether oxygens (including phenoxy) is 3. The highest BCUT2D eigenvalue weighted by atomic mass is 35.5. The van der Waals surface area contributed by atoms with E-state index in [1.807, 2.05) is 36.4 Å². The third-order valence-electron chi connectivity index (χ3n) is 5.44. The molecule has 0 aliphatic carbocycles. The lowest BCUT2D eigenvalue weighted by molar-refractivity contribution is -0.119. The molecule has 3 aromatic rings. The molecule has 9 heteroatoms. The molecule has 2 heterocycles. The molecule has 1 aliphatic heterocycles. The first kappa shape index (κ1) is 23.7. The van der Waals surface area contributed by atoms with Gasteiger partial charge in [-0.25, -0.2) is 4.98 Å². The molecule has 176 valence electrons. The van der Waals surface area contributed by atoms with Crippen molar-refractivity contribution in [1.82, 2.24) is 14.9 Å². The minimum Gasteiger partial charge on any atom is -0.486 e. The van der Waals surface area contributed by atoms with Crippen molar-refractivity contribution in [2.24, 2.45) is 5.92 Å². The van der Waals surface area contributed by atoms with Crippen LogP contribution in [0.4, 0.5) is 0 Å². The fourth-order valence-electron chi connectivity index (χ4n) is 3.82. The van der Waals surface area contributed by atoms with Crippen LogP contribution in [0.1, 0.15) is 25.5 Å². The van der Waals surface area contributed by atoms with E-state index in [1.165, 1.54) is 11.8 Å². The lowest BCUT2D eigenvalue weighted by Crippen LogP contribution is -2.33. The summed E-state index contributed by atoms with van der Waals surface area (Å²) in [6, 6.07) is 11.3. The van der Waals surface area contributed by atoms with Gasteiger partial charge >= 0.3 is 0 Å². The van der Waals surface area contributed by atoms with Gasteiger partial charge in [-0.15, -0.1) is 0 Å². The maximum Gasteiger partial charge on any atom is 0.230 e. The summed E-state index contributed by atoms with van der Waals surface area (Å²) in [7, 11) is 1.67. The Balaban J connectivity index is 1.47. The lowest BCUT2D eigenvalue weighted by atomic mass is 9.95. The Morgan fingerprint density at radius 3 is 2.76 bits per heavy atom. The van der Waals surface area contributed by atoms with Crippen LogP contribution in [0.15, 0.2) is 41.6 Å². The Bertz CT molecular complexity index is 1130. The van der Waals surface area contributed by atoms with Crippen LogP contribution in [0.3, 0.4) is 0 Å². The number of amides is 1. The summed E-state index contributed by atoms with van der Waals surface area (Å²) in [6.45, 7) is 6.44. The fraction of sp³-hybridized carbons (Fsp3) is 0.417. The molecule has 1 amide bonds. The second-order valence-corrected chi connectivity index (χ2v) is 9.53. The van der Waals surface area contributed by atoms with E-state index in [-0.39, 0.29) is 23.6 Å². The number of methoxy groups -OCH3 is 1. The third-order valence-corrected chi connectivity index (χ3v) is 6.65. The van der Waals surface area contributed by atoms with E-state index in [1.54, 1.807) is 7.11 Å². The van der Waals surface area contributed by atoms with Crippen LogP contribution in [0.25, 0.3) is 11.0 Å². The summed E-state index contributed by atoms with van der Waals surface area (Å²) < 4.78 is 18.6. The lowest BCUT2D eigenvalue weighted by Gasteiger charge is -2.25. The maximum absolute atomic E-state index is 12.9. The van der Waals surface area contributed by atoms with Crippen LogP contribution in [-0.4, -0.2) is 48.1 Å². The normalized spacial score (nSPS) is 14.0. The van der Waals surface area contributed by atoms with Crippen LogP contribution in [-0.2, 0) is 16.1 Å². The Labute approximate surface area is 202 Å². The fourth-order valence-corrected chi connectivity index (χ4v) is 4.84. The molecule has 0 bridgehead atoms. The number of imidazole rings is 1. The molecule has 0 radical (unpaired) electrons. The Morgan fingerprint density at radius 1 is 1.21 bits per heavy atom. The van der Waals surface area contributed by atoms with Crippen LogP contribution in [0.2, 0.25) is 5.02 Å². The van der Waals surface area contributed by atoms with Crippen LogP contribution < -0.4 is 14.8 Å². The van der Waals surface area contributed by atoms with Gasteiger partial charge in [-0.2, -0.15) is 0 Å². The van der Waals surface area contributed by atoms with Gasteiger partial charge in [0.2, 0.25) is 5.91 Å². The molecule has 33 heavy (non-hydrogen) atoms. The van der Waals surface area contributed by atoms with E-state index >= 15 is 0 Å². The number of aromatic nitrogens is 2. The molecule has 1 atom stereocenters.